The zero-order valence-electron chi connectivity index (χ0n) is 16.5. The van der Waals surface area contributed by atoms with Gasteiger partial charge in [-0.3, -0.25) is 14.9 Å². The van der Waals surface area contributed by atoms with E-state index in [2.05, 4.69) is 25.8 Å². The first kappa shape index (κ1) is 19.6. The highest BCUT2D eigenvalue weighted by molar-refractivity contribution is 5.84. The summed E-state index contributed by atoms with van der Waals surface area (Å²) in [6.45, 7) is 2.28. The number of pyridine rings is 1. The summed E-state index contributed by atoms with van der Waals surface area (Å²) in [5.41, 5.74) is 4.14. The van der Waals surface area contributed by atoms with Crippen LogP contribution in [0.15, 0.2) is 67.0 Å². The third-order valence-electron chi connectivity index (χ3n) is 4.95. The second kappa shape index (κ2) is 8.73. The van der Waals surface area contributed by atoms with E-state index in [0.717, 1.165) is 22.4 Å². The molecule has 30 heavy (non-hydrogen) atoms. The zero-order valence-corrected chi connectivity index (χ0v) is 16.5. The Labute approximate surface area is 173 Å². The molecule has 2 aromatic heterocycles. The fourth-order valence-corrected chi connectivity index (χ4v) is 3.31. The SMILES string of the molecule is CCC(=O)NC[C@@H](Nc1cncc(-c2ccc3n[nH]c(F)c3c2)c1)c1ccccc1. The van der Waals surface area contributed by atoms with Gasteiger partial charge in [-0.1, -0.05) is 43.3 Å². The van der Waals surface area contributed by atoms with Gasteiger partial charge in [0.25, 0.3) is 0 Å². The Hall–Kier alpha value is -3.74. The van der Waals surface area contributed by atoms with E-state index in [0.29, 0.717) is 23.9 Å². The zero-order chi connectivity index (χ0) is 20.9. The van der Waals surface area contributed by atoms with Gasteiger partial charge in [0.1, 0.15) is 0 Å². The topological polar surface area (TPSA) is 82.7 Å². The van der Waals surface area contributed by atoms with Crippen LogP contribution in [-0.4, -0.2) is 27.6 Å². The van der Waals surface area contributed by atoms with Gasteiger partial charge >= 0.3 is 0 Å². The van der Waals surface area contributed by atoms with E-state index in [1.807, 2.05) is 49.4 Å². The third kappa shape index (κ3) is 4.30. The van der Waals surface area contributed by atoms with Crippen molar-refractivity contribution in [3.05, 3.63) is 78.5 Å². The quantitative estimate of drug-likeness (QED) is 0.426. The molecule has 4 aromatic rings. The average molecular weight is 403 g/mol. The van der Waals surface area contributed by atoms with E-state index in [1.165, 1.54) is 0 Å². The fraction of sp³-hybridized carbons (Fsp3) is 0.174. The Bertz CT molecular complexity index is 1160. The van der Waals surface area contributed by atoms with Gasteiger partial charge < -0.3 is 10.6 Å². The van der Waals surface area contributed by atoms with E-state index in [4.69, 9.17) is 0 Å². The molecular weight excluding hydrogens is 381 g/mol. The Morgan fingerprint density at radius 3 is 2.73 bits per heavy atom. The number of anilines is 1. The Kier molecular flexibility index (Phi) is 5.70. The van der Waals surface area contributed by atoms with Crippen LogP contribution in [-0.2, 0) is 4.79 Å². The van der Waals surface area contributed by atoms with Crippen LogP contribution >= 0.6 is 0 Å². The predicted octanol–water partition coefficient (Wildman–Crippen LogP) is 4.44. The Morgan fingerprint density at radius 1 is 1.10 bits per heavy atom. The number of aromatic nitrogens is 3. The first-order chi connectivity index (χ1) is 14.6. The summed E-state index contributed by atoms with van der Waals surface area (Å²) in [6, 6.07) is 17.2. The highest BCUT2D eigenvalue weighted by Gasteiger charge is 2.14. The monoisotopic (exact) mass is 403 g/mol. The van der Waals surface area contributed by atoms with Crippen molar-refractivity contribution in [2.45, 2.75) is 19.4 Å². The molecule has 0 spiro atoms. The minimum absolute atomic E-state index is 0.0000445. The Morgan fingerprint density at radius 2 is 1.93 bits per heavy atom. The highest BCUT2D eigenvalue weighted by Crippen LogP contribution is 2.27. The molecule has 0 unspecified atom stereocenters. The summed E-state index contributed by atoms with van der Waals surface area (Å²) in [7, 11) is 0. The number of carbonyl (C=O) groups excluding carboxylic acids is 1. The fourth-order valence-electron chi connectivity index (χ4n) is 3.31. The number of hydrogen-bond acceptors (Lipinski definition) is 4. The number of carbonyl (C=O) groups is 1. The van der Waals surface area contributed by atoms with Crippen LogP contribution in [0.2, 0.25) is 0 Å². The van der Waals surface area contributed by atoms with Gasteiger partial charge in [-0.25, -0.2) is 0 Å². The molecule has 0 aliphatic carbocycles. The molecule has 2 aromatic carbocycles. The van der Waals surface area contributed by atoms with Gasteiger partial charge in [-0.15, -0.1) is 0 Å². The van der Waals surface area contributed by atoms with E-state index in [-0.39, 0.29) is 11.9 Å². The molecule has 1 amide bonds. The molecular formula is C23H22FN5O. The number of hydrogen-bond donors (Lipinski definition) is 3. The van der Waals surface area contributed by atoms with Crippen molar-refractivity contribution in [1.29, 1.82) is 0 Å². The second-order valence-electron chi connectivity index (χ2n) is 7.00. The molecule has 0 aliphatic heterocycles. The lowest BCUT2D eigenvalue weighted by atomic mass is 10.0. The number of halogens is 1. The van der Waals surface area contributed by atoms with Crippen molar-refractivity contribution in [1.82, 2.24) is 20.5 Å². The van der Waals surface area contributed by atoms with Crippen molar-refractivity contribution in [2.24, 2.45) is 0 Å². The molecule has 0 aliphatic rings. The van der Waals surface area contributed by atoms with Crippen molar-refractivity contribution in [2.75, 3.05) is 11.9 Å². The lowest BCUT2D eigenvalue weighted by Gasteiger charge is -2.21. The van der Waals surface area contributed by atoms with E-state index < -0.39 is 5.95 Å². The van der Waals surface area contributed by atoms with Gasteiger partial charge in [0.15, 0.2) is 0 Å². The normalized spacial score (nSPS) is 11.9. The maximum Gasteiger partial charge on any atom is 0.219 e. The summed E-state index contributed by atoms with van der Waals surface area (Å²) in [5, 5.41) is 13.1. The standard InChI is InChI=1S/C23H22FN5O/c1-2-22(30)26-14-21(15-6-4-3-5-7-15)27-18-10-17(12-25-13-18)16-8-9-20-19(11-16)23(24)29-28-20/h3-13,21,27H,2,14H2,1H3,(H,26,30)(H,28,29)/t21-/m1/s1. The van der Waals surface area contributed by atoms with Crippen LogP contribution in [0.1, 0.15) is 24.9 Å². The van der Waals surface area contributed by atoms with Crippen molar-refractivity contribution in [3.8, 4) is 11.1 Å². The third-order valence-corrected chi connectivity index (χ3v) is 4.95. The molecule has 6 nitrogen and oxygen atoms in total. The lowest BCUT2D eigenvalue weighted by molar-refractivity contribution is -0.120. The number of H-pyrrole nitrogens is 1. The molecule has 0 bridgehead atoms. The van der Waals surface area contributed by atoms with Crippen LogP contribution in [0, 0.1) is 5.95 Å². The molecule has 1 atom stereocenters. The van der Waals surface area contributed by atoms with Crippen LogP contribution in [0.5, 0.6) is 0 Å². The number of fused-ring (bicyclic) bond motifs is 1. The highest BCUT2D eigenvalue weighted by atomic mass is 19.1. The number of amides is 1. The van der Waals surface area contributed by atoms with E-state index in [1.54, 1.807) is 24.5 Å². The number of benzene rings is 2. The molecule has 152 valence electrons. The van der Waals surface area contributed by atoms with Crippen LogP contribution in [0.3, 0.4) is 0 Å². The molecule has 7 heteroatoms. The van der Waals surface area contributed by atoms with Gasteiger partial charge in [0.05, 0.1) is 22.6 Å². The summed E-state index contributed by atoms with van der Waals surface area (Å²) >= 11 is 0. The number of rotatable bonds is 7. The number of nitrogens with zero attached hydrogens (tertiary/aromatic N) is 2. The second-order valence-corrected chi connectivity index (χ2v) is 7.00. The first-order valence-corrected chi connectivity index (χ1v) is 9.81. The molecule has 0 fully saturated rings. The van der Waals surface area contributed by atoms with Crippen LogP contribution in [0.25, 0.3) is 22.0 Å². The molecule has 0 saturated carbocycles. The van der Waals surface area contributed by atoms with E-state index >= 15 is 0 Å². The van der Waals surface area contributed by atoms with Gasteiger partial charge in [-0.05, 0) is 29.3 Å². The molecule has 4 rings (SSSR count). The van der Waals surface area contributed by atoms with Gasteiger partial charge in [0, 0.05) is 30.9 Å². The van der Waals surface area contributed by atoms with Crippen molar-refractivity contribution < 1.29 is 9.18 Å². The maximum atomic E-state index is 13.9. The lowest BCUT2D eigenvalue weighted by Crippen LogP contribution is -2.31. The van der Waals surface area contributed by atoms with Gasteiger partial charge in [-0.2, -0.15) is 9.49 Å². The Balaban J connectivity index is 1.60. The number of aromatic amines is 1. The molecule has 3 N–H and O–H groups in total. The van der Waals surface area contributed by atoms with Gasteiger partial charge in [0.2, 0.25) is 11.9 Å². The largest absolute Gasteiger partial charge is 0.375 e. The summed E-state index contributed by atoms with van der Waals surface area (Å²) in [6.07, 6.45) is 3.91. The molecule has 0 saturated heterocycles. The summed E-state index contributed by atoms with van der Waals surface area (Å²) in [4.78, 5) is 16.1. The minimum Gasteiger partial charge on any atom is -0.375 e. The first-order valence-electron chi connectivity index (χ1n) is 9.81. The van der Waals surface area contributed by atoms with E-state index in [9.17, 15) is 9.18 Å². The molecule has 2 heterocycles. The summed E-state index contributed by atoms with van der Waals surface area (Å²) in [5.74, 6) is -0.454. The minimum atomic E-state index is -0.454. The maximum absolute atomic E-state index is 13.9. The van der Waals surface area contributed by atoms with Crippen molar-refractivity contribution >= 4 is 22.5 Å². The smallest absolute Gasteiger partial charge is 0.219 e. The van der Waals surface area contributed by atoms with Crippen LogP contribution < -0.4 is 10.6 Å². The average Bonchev–Trinajstić information content (AvgIpc) is 3.17. The van der Waals surface area contributed by atoms with Crippen LogP contribution in [0.4, 0.5) is 10.1 Å². The number of nitrogens with one attached hydrogen (secondary N) is 3. The van der Waals surface area contributed by atoms with Crippen molar-refractivity contribution in [3.63, 3.8) is 0 Å². The summed E-state index contributed by atoms with van der Waals surface area (Å²) < 4.78 is 13.9. The molecule has 0 radical (unpaired) electrons. The predicted molar refractivity (Wildman–Crippen MR) is 115 cm³/mol.